The Morgan fingerprint density at radius 2 is 2.18 bits per heavy atom. The molecule has 0 radical (unpaired) electrons. The van der Waals surface area contributed by atoms with Gasteiger partial charge in [-0.1, -0.05) is 26.3 Å². The van der Waals surface area contributed by atoms with Gasteiger partial charge in [-0.05, 0) is 42.9 Å². The number of hydrogen-bond acceptors (Lipinski definition) is 2. The van der Waals surface area contributed by atoms with Crippen molar-refractivity contribution in [3.63, 3.8) is 0 Å². The molecule has 1 atom stereocenters. The minimum atomic E-state index is 0.772. The molecule has 2 nitrogen and oxygen atoms in total. The number of nitrogens with zero attached hydrogens (tertiary/aromatic N) is 1. The van der Waals surface area contributed by atoms with Crippen LogP contribution in [0.1, 0.15) is 37.8 Å². The molecule has 1 aliphatic heterocycles. The van der Waals surface area contributed by atoms with E-state index in [0.29, 0.717) is 0 Å². The lowest BCUT2D eigenvalue weighted by Crippen LogP contribution is -2.26. The van der Waals surface area contributed by atoms with Crippen molar-refractivity contribution < 1.29 is 0 Å². The molecule has 0 bridgehead atoms. The zero-order valence-electron chi connectivity index (χ0n) is 11.3. The second kappa shape index (κ2) is 4.99. The van der Waals surface area contributed by atoms with Crippen LogP contribution in [0.25, 0.3) is 0 Å². The van der Waals surface area contributed by atoms with E-state index in [4.69, 9.17) is 5.73 Å². The van der Waals surface area contributed by atoms with E-state index in [2.05, 4.69) is 37.8 Å². The molecule has 0 saturated carbocycles. The number of rotatable bonds is 4. The molecule has 1 aromatic carbocycles. The third-order valence-corrected chi connectivity index (χ3v) is 3.77. The minimum absolute atomic E-state index is 0.772. The quantitative estimate of drug-likeness (QED) is 0.806. The summed E-state index contributed by atoms with van der Waals surface area (Å²) in [7, 11) is 0. The first kappa shape index (κ1) is 12.3. The van der Waals surface area contributed by atoms with Crippen molar-refractivity contribution in [1.82, 2.24) is 0 Å². The van der Waals surface area contributed by atoms with Gasteiger partial charge in [-0.25, -0.2) is 0 Å². The maximum absolute atomic E-state index is 6.02. The van der Waals surface area contributed by atoms with Crippen molar-refractivity contribution in [3.8, 4) is 0 Å². The molecule has 2 rings (SSSR count). The first-order valence-electron chi connectivity index (χ1n) is 6.75. The highest BCUT2D eigenvalue weighted by molar-refractivity contribution is 5.67. The fraction of sp³-hybridized carbons (Fsp3) is 0.600. The Labute approximate surface area is 105 Å². The topological polar surface area (TPSA) is 29.3 Å². The van der Waals surface area contributed by atoms with Crippen LogP contribution in [0.5, 0.6) is 0 Å². The first-order valence-corrected chi connectivity index (χ1v) is 6.75. The molecule has 1 unspecified atom stereocenters. The largest absolute Gasteiger partial charge is 0.398 e. The second-order valence-electron chi connectivity index (χ2n) is 5.43. The third kappa shape index (κ3) is 2.56. The van der Waals surface area contributed by atoms with E-state index in [1.54, 1.807) is 0 Å². The Balaban J connectivity index is 2.13. The number of benzene rings is 1. The van der Waals surface area contributed by atoms with Crippen molar-refractivity contribution in [2.45, 2.75) is 40.0 Å². The lowest BCUT2D eigenvalue weighted by atomic mass is 10.0. The van der Waals surface area contributed by atoms with Crippen molar-refractivity contribution in [2.24, 2.45) is 5.92 Å². The van der Waals surface area contributed by atoms with E-state index in [1.165, 1.54) is 42.6 Å². The molecule has 0 spiro atoms. The van der Waals surface area contributed by atoms with Gasteiger partial charge in [0, 0.05) is 24.5 Å². The number of nitrogens with two attached hydrogens (primary N) is 1. The summed E-state index contributed by atoms with van der Waals surface area (Å²) in [6.45, 7) is 9.03. The van der Waals surface area contributed by atoms with Gasteiger partial charge in [0.25, 0.3) is 0 Å². The number of fused-ring (bicyclic) bond motifs is 1. The van der Waals surface area contributed by atoms with Gasteiger partial charge >= 0.3 is 0 Å². The van der Waals surface area contributed by atoms with E-state index < -0.39 is 0 Å². The molecule has 1 aromatic rings. The van der Waals surface area contributed by atoms with Crippen LogP contribution in [0.4, 0.5) is 11.4 Å². The zero-order chi connectivity index (χ0) is 12.4. The van der Waals surface area contributed by atoms with Crippen LogP contribution in [0.15, 0.2) is 12.1 Å². The smallest absolute Gasteiger partial charge is 0.0420 e. The lowest BCUT2D eigenvalue weighted by molar-refractivity contribution is 0.517. The Hall–Kier alpha value is -1.18. The summed E-state index contributed by atoms with van der Waals surface area (Å²) in [5.74, 6) is 0.772. The fourth-order valence-corrected chi connectivity index (χ4v) is 2.79. The summed E-state index contributed by atoms with van der Waals surface area (Å²) in [5, 5.41) is 0. The number of aryl methyl sites for hydroxylation is 1. The number of anilines is 2. The molecule has 1 heterocycles. The molecule has 94 valence electrons. The summed E-state index contributed by atoms with van der Waals surface area (Å²) in [5.41, 5.74) is 11.0. The molecule has 1 aliphatic rings. The van der Waals surface area contributed by atoms with Gasteiger partial charge in [0.1, 0.15) is 0 Å². The standard InChI is InChI=1S/C15H24N2/c1-4-5-11(2)10-17-7-6-13-8-12(3)14(16)9-15(13)17/h8-9,11H,4-7,10,16H2,1-3H3. The Morgan fingerprint density at radius 3 is 2.88 bits per heavy atom. The van der Waals surface area contributed by atoms with Crippen LogP contribution in [-0.4, -0.2) is 13.1 Å². The SMILES string of the molecule is CCCC(C)CN1CCc2cc(C)c(N)cc21. The second-order valence-corrected chi connectivity index (χ2v) is 5.43. The Bertz CT molecular complexity index is 398. The first-order chi connectivity index (χ1) is 8.11. The Kier molecular flexibility index (Phi) is 3.60. The molecule has 0 amide bonds. The summed E-state index contributed by atoms with van der Waals surface area (Å²) in [6.07, 6.45) is 3.76. The van der Waals surface area contributed by atoms with Gasteiger partial charge in [0.15, 0.2) is 0 Å². The van der Waals surface area contributed by atoms with Gasteiger partial charge < -0.3 is 10.6 Å². The predicted octanol–water partition coefficient (Wildman–Crippen LogP) is 3.38. The number of nitrogen functional groups attached to an aromatic ring is 1. The summed E-state index contributed by atoms with van der Waals surface area (Å²) in [4.78, 5) is 2.51. The van der Waals surface area contributed by atoms with E-state index >= 15 is 0 Å². The van der Waals surface area contributed by atoms with Gasteiger partial charge in [-0.2, -0.15) is 0 Å². The maximum atomic E-state index is 6.02. The van der Waals surface area contributed by atoms with E-state index in [1.807, 2.05) is 0 Å². The summed E-state index contributed by atoms with van der Waals surface area (Å²) >= 11 is 0. The molecule has 17 heavy (non-hydrogen) atoms. The van der Waals surface area contributed by atoms with Crippen LogP contribution >= 0.6 is 0 Å². The molecule has 2 N–H and O–H groups in total. The maximum Gasteiger partial charge on any atom is 0.0420 e. The van der Waals surface area contributed by atoms with Crippen molar-refractivity contribution in [2.75, 3.05) is 23.7 Å². The van der Waals surface area contributed by atoms with Gasteiger partial charge in [0.2, 0.25) is 0 Å². The molecule has 0 aliphatic carbocycles. The number of hydrogen-bond donors (Lipinski definition) is 1. The third-order valence-electron chi connectivity index (χ3n) is 3.77. The van der Waals surface area contributed by atoms with Crippen LogP contribution in [0.3, 0.4) is 0 Å². The minimum Gasteiger partial charge on any atom is -0.398 e. The van der Waals surface area contributed by atoms with E-state index in [-0.39, 0.29) is 0 Å². The predicted molar refractivity (Wildman–Crippen MR) is 75.6 cm³/mol. The summed E-state index contributed by atoms with van der Waals surface area (Å²) in [6, 6.07) is 4.42. The normalized spacial score (nSPS) is 16.1. The van der Waals surface area contributed by atoms with E-state index in [9.17, 15) is 0 Å². The van der Waals surface area contributed by atoms with Crippen LogP contribution < -0.4 is 10.6 Å². The monoisotopic (exact) mass is 232 g/mol. The zero-order valence-corrected chi connectivity index (χ0v) is 11.3. The van der Waals surface area contributed by atoms with E-state index in [0.717, 1.165) is 18.2 Å². The molecular weight excluding hydrogens is 208 g/mol. The molecule has 0 aromatic heterocycles. The molecule has 2 heteroatoms. The van der Waals surface area contributed by atoms with Crippen molar-refractivity contribution in [3.05, 3.63) is 23.3 Å². The average molecular weight is 232 g/mol. The fourth-order valence-electron chi connectivity index (χ4n) is 2.79. The van der Waals surface area contributed by atoms with Gasteiger partial charge in [0.05, 0.1) is 0 Å². The Morgan fingerprint density at radius 1 is 1.41 bits per heavy atom. The molecule has 0 saturated heterocycles. The van der Waals surface area contributed by atoms with Crippen LogP contribution in [0.2, 0.25) is 0 Å². The van der Waals surface area contributed by atoms with Gasteiger partial charge in [-0.15, -0.1) is 0 Å². The molecule has 0 fully saturated rings. The summed E-state index contributed by atoms with van der Waals surface area (Å²) < 4.78 is 0. The highest BCUT2D eigenvalue weighted by Gasteiger charge is 2.21. The van der Waals surface area contributed by atoms with Gasteiger partial charge in [-0.3, -0.25) is 0 Å². The van der Waals surface area contributed by atoms with Crippen LogP contribution in [-0.2, 0) is 6.42 Å². The average Bonchev–Trinajstić information content (AvgIpc) is 2.63. The van der Waals surface area contributed by atoms with Crippen LogP contribution in [0, 0.1) is 12.8 Å². The lowest BCUT2D eigenvalue weighted by Gasteiger charge is -2.24. The highest BCUT2D eigenvalue weighted by Crippen LogP contribution is 2.32. The van der Waals surface area contributed by atoms with Crippen molar-refractivity contribution in [1.29, 1.82) is 0 Å². The highest BCUT2D eigenvalue weighted by atomic mass is 15.1. The molecular formula is C15H24N2. The van der Waals surface area contributed by atoms with Crippen molar-refractivity contribution >= 4 is 11.4 Å².